The maximum absolute atomic E-state index is 12.6. The third-order valence-corrected chi connectivity index (χ3v) is 5.89. The van der Waals surface area contributed by atoms with Crippen molar-refractivity contribution in [2.24, 2.45) is 0 Å². The molecular weight excluding hydrogens is 463 g/mol. The lowest BCUT2D eigenvalue weighted by Gasteiger charge is -2.10. The van der Waals surface area contributed by atoms with Crippen LogP contribution in [0.1, 0.15) is 22.8 Å². The van der Waals surface area contributed by atoms with Gasteiger partial charge in [-0.2, -0.15) is 18.2 Å². The molecule has 1 N–H and O–H groups in total. The molecule has 0 aliphatic heterocycles. The molecule has 33 heavy (non-hydrogen) atoms. The lowest BCUT2D eigenvalue weighted by molar-refractivity contribution is -0.159. The molecule has 0 unspecified atom stereocenters. The van der Waals surface area contributed by atoms with E-state index in [9.17, 15) is 21.6 Å². The summed E-state index contributed by atoms with van der Waals surface area (Å²) in [6.07, 6.45) is -1.75. The third kappa shape index (κ3) is 6.33. The van der Waals surface area contributed by atoms with Crippen LogP contribution in [0.2, 0.25) is 0 Å². The van der Waals surface area contributed by atoms with Crippen molar-refractivity contribution in [3.8, 4) is 11.5 Å². The summed E-state index contributed by atoms with van der Waals surface area (Å²) in [6.45, 7) is 0.140. The Balaban J connectivity index is 1.65. The number of hydrogen-bond donors (Lipinski definition) is 1. The smallest absolute Gasteiger partial charge is 0.471 e. The highest BCUT2D eigenvalue weighted by Crippen LogP contribution is 2.28. The molecule has 0 amide bonds. The molecule has 0 fully saturated rings. The van der Waals surface area contributed by atoms with Crippen molar-refractivity contribution < 1.29 is 35.6 Å². The molecule has 8 nitrogen and oxygen atoms in total. The first-order valence-electron chi connectivity index (χ1n) is 9.52. The van der Waals surface area contributed by atoms with Crippen molar-refractivity contribution in [1.29, 1.82) is 0 Å². The Kier molecular flexibility index (Phi) is 7.39. The molecule has 0 bridgehead atoms. The fraction of sp³-hybridized carbons (Fsp3) is 0.238. The molecular formula is C21H20F3N3O5S. The van der Waals surface area contributed by atoms with Crippen LogP contribution >= 0.6 is 0 Å². The maximum atomic E-state index is 12.6. The van der Waals surface area contributed by atoms with Crippen LogP contribution in [0, 0.1) is 0 Å². The van der Waals surface area contributed by atoms with Gasteiger partial charge in [-0.25, -0.2) is 13.1 Å². The number of alkyl halides is 3. The summed E-state index contributed by atoms with van der Waals surface area (Å²) in [6, 6.07) is 11.2. The summed E-state index contributed by atoms with van der Waals surface area (Å²) >= 11 is 0. The van der Waals surface area contributed by atoms with Gasteiger partial charge in [0.25, 0.3) is 0 Å². The van der Waals surface area contributed by atoms with Crippen LogP contribution in [-0.4, -0.2) is 39.3 Å². The summed E-state index contributed by atoms with van der Waals surface area (Å²) in [5.41, 5.74) is 1.28. The van der Waals surface area contributed by atoms with E-state index in [0.29, 0.717) is 23.5 Å². The number of nitrogens with one attached hydrogen (secondary N) is 1. The van der Waals surface area contributed by atoms with E-state index in [0.717, 1.165) is 5.56 Å². The van der Waals surface area contributed by atoms with E-state index in [2.05, 4.69) is 19.4 Å². The van der Waals surface area contributed by atoms with Crippen molar-refractivity contribution >= 4 is 22.2 Å². The van der Waals surface area contributed by atoms with E-state index in [1.54, 1.807) is 18.2 Å². The van der Waals surface area contributed by atoms with Gasteiger partial charge >= 0.3 is 12.1 Å². The molecule has 0 spiro atoms. The van der Waals surface area contributed by atoms with E-state index in [1.165, 1.54) is 44.6 Å². The van der Waals surface area contributed by atoms with E-state index < -0.39 is 22.1 Å². The van der Waals surface area contributed by atoms with Crippen LogP contribution in [0.15, 0.2) is 51.9 Å². The fourth-order valence-electron chi connectivity index (χ4n) is 2.82. The number of ether oxygens (including phenoxy) is 2. The average Bonchev–Trinajstić information content (AvgIpc) is 3.27. The summed E-state index contributed by atoms with van der Waals surface area (Å²) in [5.74, 6) is -0.635. The molecule has 1 heterocycles. The number of sulfonamides is 1. The van der Waals surface area contributed by atoms with E-state index in [1.807, 2.05) is 6.07 Å². The lowest BCUT2D eigenvalue weighted by Crippen LogP contribution is -2.26. The summed E-state index contributed by atoms with van der Waals surface area (Å²) < 4.78 is 79.9. The Bertz CT molecular complexity index is 1240. The molecule has 0 aliphatic carbocycles. The molecule has 0 saturated heterocycles. The van der Waals surface area contributed by atoms with Crippen LogP contribution in [-0.2, 0) is 22.6 Å². The Hall–Kier alpha value is -3.38. The minimum Gasteiger partial charge on any atom is -0.493 e. The molecule has 0 aliphatic rings. The molecule has 1 aromatic heterocycles. The molecule has 0 atom stereocenters. The molecule has 0 saturated carbocycles. The van der Waals surface area contributed by atoms with Crippen molar-refractivity contribution in [2.45, 2.75) is 17.5 Å². The number of hydrogen-bond acceptors (Lipinski definition) is 7. The number of methoxy groups -OCH3 is 2. The van der Waals surface area contributed by atoms with E-state index in [4.69, 9.17) is 9.47 Å². The highest BCUT2D eigenvalue weighted by Gasteiger charge is 2.38. The number of benzene rings is 2. The Labute approximate surface area is 188 Å². The Morgan fingerprint density at radius 2 is 1.82 bits per heavy atom. The molecule has 2 aromatic carbocycles. The van der Waals surface area contributed by atoms with Gasteiger partial charge in [0.05, 0.1) is 19.1 Å². The van der Waals surface area contributed by atoms with Crippen LogP contribution in [0.25, 0.3) is 12.2 Å². The summed E-state index contributed by atoms with van der Waals surface area (Å²) in [4.78, 5) is 3.22. The normalized spacial score (nSPS) is 12.3. The van der Waals surface area contributed by atoms with Gasteiger partial charge in [0.15, 0.2) is 17.3 Å². The molecule has 176 valence electrons. The summed E-state index contributed by atoms with van der Waals surface area (Å²) in [5, 5.41) is 3.22. The van der Waals surface area contributed by atoms with Gasteiger partial charge in [-0.3, -0.25) is 0 Å². The van der Waals surface area contributed by atoms with Crippen LogP contribution in [0.4, 0.5) is 13.2 Å². The summed E-state index contributed by atoms with van der Waals surface area (Å²) in [7, 11) is -0.780. The van der Waals surface area contributed by atoms with Gasteiger partial charge in [0.1, 0.15) is 0 Å². The first-order chi connectivity index (χ1) is 15.6. The predicted molar refractivity (Wildman–Crippen MR) is 113 cm³/mol. The zero-order valence-corrected chi connectivity index (χ0v) is 18.4. The van der Waals surface area contributed by atoms with Gasteiger partial charge in [0, 0.05) is 6.54 Å². The zero-order chi connectivity index (χ0) is 24.1. The van der Waals surface area contributed by atoms with Crippen molar-refractivity contribution in [3.05, 3.63) is 65.3 Å². The SMILES string of the molecule is COc1ccc(CCNS(=O)(=O)c2cccc(C=Cc3noc(C(F)(F)F)n3)c2)cc1OC. The largest absolute Gasteiger partial charge is 0.493 e. The van der Waals surface area contributed by atoms with E-state index >= 15 is 0 Å². The fourth-order valence-corrected chi connectivity index (χ4v) is 3.91. The van der Waals surface area contributed by atoms with Gasteiger partial charge in [-0.05, 0) is 47.9 Å². The zero-order valence-electron chi connectivity index (χ0n) is 17.6. The second-order valence-corrected chi connectivity index (χ2v) is 8.47. The highest BCUT2D eigenvalue weighted by atomic mass is 32.2. The van der Waals surface area contributed by atoms with Crippen molar-refractivity contribution in [1.82, 2.24) is 14.9 Å². The minimum absolute atomic E-state index is 0.000976. The topological polar surface area (TPSA) is 104 Å². The van der Waals surface area contributed by atoms with Crippen molar-refractivity contribution in [2.75, 3.05) is 20.8 Å². The first-order valence-corrected chi connectivity index (χ1v) is 11.0. The minimum atomic E-state index is -4.74. The van der Waals surface area contributed by atoms with E-state index in [-0.39, 0.29) is 17.3 Å². The maximum Gasteiger partial charge on any atom is 0.471 e. The number of aromatic nitrogens is 2. The second-order valence-electron chi connectivity index (χ2n) is 6.70. The number of halogens is 3. The molecule has 12 heteroatoms. The quantitative estimate of drug-likeness (QED) is 0.494. The van der Waals surface area contributed by atoms with Gasteiger partial charge in [-0.1, -0.05) is 29.4 Å². The third-order valence-electron chi connectivity index (χ3n) is 4.43. The molecule has 3 rings (SSSR count). The lowest BCUT2D eigenvalue weighted by atomic mass is 10.1. The Morgan fingerprint density at radius 3 is 2.48 bits per heavy atom. The second kappa shape index (κ2) is 10.0. The highest BCUT2D eigenvalue weighted by molar-refractivity contribution is 7.89. The van der Waals surface area contributed by atoms with Gasteiger partial charge in [-0.15, -0.1) is 0 Å². The number of nitrogens with zero attached hydrogens (tertiary/aromatic N) is 2. The van der Waals surface area contributed by atoms with Crippen LogP contribution in [0.5, 0.6) is 11.5 Å². The number of rotatable bonds is 9. The predicted octanol–water partition coefficient (Wildman–Crippen LogP) is 3.80. The van der Waals surface area contributed by atoms with Crippen LogP contribution < -0.4 is 14.2 Å². The van der Waals surface area contributed by atoms with Crippen molar-refractivity contribution in [3.63, 3.8) is 0 Å². The monoisotopic (exact) mass is 483 g/mol. The Morgan fingerprint density at radius 1 is 1.06 bits per heavy atom. The first kappa shape index (κ1) is 24.3. The average molecular weight is 483 g/mol. The van der Waals surface area contributed by atoms with Gasteiger partial charge in [0.2, 0.25) is 10.0 Å². The molecule has 3 aromatic rings. The van der Waals surface area contributed by atoms with Crippen LogP contribution in [0.3, 0.4) is 0 Å². The molecule has 0 radical (unpaired) electrons. The standard InChI is InChI=1S/C21H20F3N3O5S/c1-30-17-8-6-15(13-18(17)31-2)10-11-25-33(28,29)16-5-3-4-14(12-16)7-9-19-26-20(32-27-19)21(22,23)24/h3-9,12-13,25H,10-11H2,1-2H3. The van der Waals surface area contributed by atoms with Gasteiger partial charge < -0.3 is 14.0 Å².